The minimum Gasteiger partial charge on any atom is -0.299 e. The predicted octanol–water partition coefficient (Wildman–Crippen LogP) is 2.43. The molecule has 0 radical (unpaired) electrons. The summed E-state index contributed by atoms with van der Waals surface area (Å²) in [5, 5.41) is 7.18. The fraction of sp³-hybridized carbons (Fsp3) is 0.643. The first kappa shape index (κ1) is 13.4. The molecule has 0 aliphatic carbocycles. The second kappa shape index (κ2) is 5.72. The van der Waals surface area contributed by atoms with Gasteiger partial charge in [-0.1, -0.05) is 19.6 Å². The van der Waals surface area contributed by atoms with Gasteiger partial charge in [0.15, 0.2) is 0 Å². The molecule has 3 nitrogen and oxygen atoms in total. The Bertz CT molecular complexity index is 448. The van der Waals surface area contributed by atoms with E-state index in [1.54, 1.807) is 0 Å². The van der Waals surface area contributed by atoms with Crippen molar-refractivity contribution >= 4 is 8.07 Å². The van der Waals surface area contributed by atoms with Crippen LogP contribution in [0.25, 0.3) is 0 Å². The molecule has 1 aliphatic rings. The molecule has 0 bridgehead atoms. The van der Waals surface area contributed by atoms with Crippen LogP contribution in [0.4, 0.5) is 0 Å². The minimum absolute atomic E-state index is 1.04. The van der Waals surface area contributed by atoms with Crippen LogP contribution < -0.4 is 0 Å². The molecule has 0 fully saturated rings. The molecule has 0 spiro atoms. The highest BCUT2D eigenvalue weighted by Crippen LogP contribution is 2.16. The van der Waals surface area contributed by atoms with Crippen LogP contribution in [0.3, 0.4) is 0 Å². The molecule has 1 aromatic rings. The summed E-state index contributed by atoms with van der Waals surface area (Å²) in [7, 11) is -1.17. The first-order valence-corrected chi connectivity index (χ1v) is 10.3. The topological polar surface area (TPSA) is 31.9 Å². The Morgan fingerprint density at radius 1 is 1.44 bits per heavy atom. The predicted molar refractivity (Wildman–Crippen MR) is 77.9 cm³/mol. The number of H-pyrrole nitrogens is 1. The molecular formula is C14H23N3Si. The fourth-order valence-electron chi connectivity index (χ4n) is 2.19. The Hall–Kier alpha value is -1.05. The number of fused-ring (bicyclic) bond motifs is 1. The van der Waals surface area contributed by atoms with Crippen LogP contribution in [-0.4, -0.2) is 36.3 Å². The summed E-state index contributed by atoms with van der Waals surface area (Å²) >= 11 is 0. The lowest BCUT2D eigenvalue weighted by Gasteiger charge is -2.25. The van der Waals surface area contributed by atoms with E-state index in [-0.39, 0.29) is 0 Å². The second-order valence-corrected chi connectivity index (χ2v) is 10.8. The minimum atomic E-state index is -1.17. The molecule has 2 rings (SSSR count). The van der Waals surface area contributed by atoms with Crippen molar-refractivity contribution in [2.45, 2.75) is 45.4 Å². The largest absolute Gasteiger partial charge is 0.299 e. The van der Waals surface area contributed by atoms with Gasteiger partial charge in [0.25, 0.3) is 0 Å². The van der Waals surface area contributed by atoms with Gasteiger partial charge in [-0.05, 0) is 13.0 Å². The van der Waals surface area contributed by atoms with E-state index in [0.29, 0.717) is 0 Å². The van der Waals surface area contributed by atoms with Crippen LogP contribution in [0.15, 0.2) is 6.20 Å². The number of nitrogens with zero attached hydrogens (tertiary/aromatic N) is 2. The number of hydrogen-bond acceptors (Lipinski definition) is 2. The Kier molecular flexibility index (Phi) is 4.26. The van der Waals surface area contributed by atoms with Crippen LogP contribution in [0.1, 0.15) is 24.1 Å². The van der Waals surface area contributed by atoms with Crippen molar-refractivity contribution in [1.29, 1.82) is 0 Å². The average molecular weight is 261 g/mol. The highest BCUT2D eigenvalue weighted by atomic mass is 28.3. The van der Waals surface area contributed by atoms with E-state index in [9.17, 15) is 0 Å². The van der Waals surface area contributed by atoms with Gasteiger partial charge < -0.3 is 0 Å². The third-order valence-corrected chi connectivity index (χ3v) is 4.05. The number of aromatic amines is 1. The van der Waals surface area contributed by atoms with Crippen LogP contribution in [-0.2, 0) is 13.0 Å². The summed E-state index contributed by atoms with van der Waals surface area (Å²) in [4.78, 5) is 2.51. The molecule has 0 aromatic carbocycles. The molecule has 18 heavy (non-hydrogen) atoms. The van der Waals surface area contributed by atoms with Gasteiger partial charge in [0.1, 0.15) is 8.07 Å². The summed E-state index contributed by atoms with van der Waals surface area (Å²) in [6, 6.07) is 0. The normalized spacial score (nSPS) is 15.9. The molecule has 0 unspecified atom stereocenters. The van der Waals surface area contributed by atoms with Crippen molar-refractivity contribution in [2.24, 2.45) is 0 Å². The lowest BCUT2D eigenvalue weighted by molar-refractivity contribution is 0.251. The molecule has 98 valence electrons. The number of unbranched alkanes of at least 4 members (excludes halogenated alkanes) is 1. The zero-order valence-corrected chi connectivity index (χ0v) is 12.7. The lowest BCUT2D eigenvalue weighted by atomic mass is 10.1. The monoisotopic (exact) mass is 261 g/mol. The average Bonchev–Trinajstić information content (AvgIpc) is 2.74. The highest BCUT2D eigenvalue weighted by Gasteiger charge is 2.16. The molecular weight excluding hydrogens is 238 g/mol. The molecule has 4 heteroatoms. The fourth-order valence-corrected chi connectivity index (χ4v) is 2.85. The van der Waals surface area contributed by atoms with Crippen molar-refractivity contribution in [3.05, 3.63) is 17.5 Å². The molecule has 1 aromatic heterocycles. The maximum atomic E-state index is 4.11. The van der Waals surface area contributed by atoms with E-state index in [1.807, 2.05) is 6.20 Å². The Balaban J connectivity index is 1.71. The van der Waals surface area contributed by atoms with Gasteiger partial charge in [-0.2, -0.15) is 5.10 Å². The molecule has 0 saturated carbocycles. The Morgan fingerprint density at radius 3 is 3.06 bits per heavy atom. The second-order valence-electron chi connectivity index (χ2n) is 6.06. The van der Waals surface area contributed by atoms with E-state index in [2.05, 4.69) is 46.2 Å². The van der Waals surface area contributed by atoms with Crippen LogP contribution in [0.2, 0.25) is 19.6 Å². The summed E-state index contributed by atoms with van der Waals surface area (Å²) in [6.07, 6.45) is 5.30. The SMILES string of the molecule is C[Si](C)(C)C#CCCCN1CCc2[nH]ncc2C1. The Morgan fingerprint density at radius 2 is 2.28 bits per heavy atom. The van der Waals surface area contributed by atoms with Crippen molar-refractivity contribution in [1.82, 2.24) is 15.1 Å². The highest BCUT2D eigenvalue weighted by molar-refractivity contribution is 6.83. The maximum absolute atomic E-state index is 4.11. The zero-order chi connectivity index (χ0) is 13.0. The van der Waals surface area contributed by atoms with Crippen molar-refractivity contribution in [3.8, 4) is 11.5 Å². The molecule has 1 N–H and O–H groups in total. The summed E-state index contributed by atoms with van der Waals surface area (Å²) in [6.45, 7) is 10.2. The summed E-state index contributed by atoms with van der Waals surface area (Å²) in [5.41, 5.74) is 6.12. The number of aromatic nitrogens is 2. The standard InChI is InChI=1S/C14H23N3Si/c1-18(2,3)10-6-4-5-8-17-9-7-14-13(12-17)11-15-16-14/h11H,4-5,7-9,12H2,1-3H3,(H,15,16). The third-order valence-electron chi connectivity index (χ3n) is 3.12. The molecule has 0 saturated heterocycles. The number of rotatable bonds is 3. The van der Waals surface area contributed by atoms with E-state index in [1.165, 1.54) is 17.7 Å². The quantitative estimate of drug-likeness (QED) is 0.515. The smallest absolute Gasteiger partial charge is 0.129 e. The van der Waals surface area contributed by atoms with Gasteiger partial charge in [-0.3, -0.25) is 10.00 Å². The van der Waals surface area contributed by atoms with Crippen molar-refractivity contribution < 1.29 is 0 Å². The first-order valence-electron chi connectivity index (χ1n) is 6.78. The van der Waals surface area contributed by atoms with Crippen LogP contribution in [0.5, 0.6) is 0 Å². The van der Waals surface area contributed by atoms with E-state index < -0.39 is 8.07 Å². The van der Waals surface area contributed by atoms with Gasteiger partial charge in [0, 0.05) is 37.2 Å². The van der Waals surface area contributed by atoms with Gasteiger partial charge in [0.05, 0.1) is 6.20 Å². The van der Waals surface area contributed by atoms with Crippen LogP contribution in [0, 0.1) is 11.5 Å². The lowest BCUT2D eigenvalue weighted by Crippen LogP contribution is -2.30. The van der Waals surface area contributed by atoms with Crippen molar-refractivity contribution in [3.63, 3.8) is 0 Å². The zero-order valence-electron chi connectivity index (χ0n) is 11.7. The Labute approximate surface area is 111 Å². The maximum Gasteiger partial charge on any atom is 0.129 e. The summed E-state index contributed by atoms with van der Waals surface area (Å²) < 4.78 is 0. The van der Waals surface area contributed by atoms with Crippen LogP contribution >= 0.6 is 0 Å². The van der Waals surface area contributed by atoms with Gasteiger partial charge in [-0.25, -0.2) is 0 Å². The number of hydrogen-bond donors (Lipinski definition) is 1. The number of nitrogens with one attached hydrogen (secondary N) is 1. The van der Waals surface area contributed by atoms with E-state index in [0.717, 1.165) is 32.5 Å². The summed E-state index contributed by atoms with van der Waals surface area (Å²) in [5.74, 6) is 3.35. The molecule has 0 atom stereocenters. The first-order chi connectivity index (χ1) is 8.54. The van der Waals surface area contributed by atoms with Gasteiger partial charge >= 0.3 is 0 Å². The van der Waals surface area contributed by atoms with Gasteiger partial charge in [0.2, 0.25) is 0 Å². The molecule has 1 aliphatic heterocycles. The third kappa shape index (κ3) is 4.00. The van der Waals surface area contributed by atoms with E-state index in [4.69, 9.17) is 0 Å². The molecule has 0 amide bonds. The molecule has 2 heterocycles. The van der Waals surface area contributed by atoms with E-state index >= 15 is 0 Å². The van der Waals surface area contributed by atoms with Gasteiger partial charge in [-0.15, -0.1) is 11.5 Å². The van der Waals surface area contributed by atoms with Crippen molar-refractivity contribution in [2.75, 3.05) is 13.1 Å².